The molecule has 1 aromatic heterocycles. The molecule has 0 aliphatic rings. The Bertz CT molecular complexity index is 782. The van der Waals surface area contributed by atoms with Crippen LogP contribution in [0.5, 0.6) is 0 Å². The monoisotopic (exact) mass is 285 g/mol. The standard InChI is InChI=1S/C16H16FN3O/c1-21-9-8-11-4-2-3-5-14(11)20-15-10-12(17)6-7-13(15)19-16(20)18/h2-7,10H,8-9H2,1H3,(H2,18,19). The number of hydrogen-bond acceptors (Lipinski definition) is 3. The zero-order valence-corrected chi connectivity index (χ0v) is 11.7. The third kappa shape index (κ3) is 2.48. The molecule has 0 amide bonds. The van der Waals surface area contributed by atoms with Gasteiger partial charge in [0.1, 0.15) is 5.82 Å². The maximum Gasteiger partial charge on any atom is 0.205 e. The van der Waals surface area contributed by atoms with Crippen molar-refractivity contribution in [2.75, 3.05) is 19.5 Å². The van der Waals surface area contributed by atoms with Crippen molar-refractivity contribution < 1.29 is 9.13 Å². The molecule has 1 heterocycles. The average Bonchev–Trinajstić information content (AvgIpc) is 2.80. The van der Waals surface area contributed by atoms with E-state index in [4.69, 9.17) is 10.5 Å². The molecular weight excluding hydrogens is 269 g/mol. The molecule has 0 aliphatic heterocycles. The van der Waals surface area contributed by atoms with Crippen molar-refractivity contribution in [1.29, 1.82) is 0 Å². The summed E-state index contributed by atoms with van der Waals surface area (Å²) in [6.07, 6.45) is 0.751. The highest BCUT2D eigenvalue weighted by Crippen LogP contribution is 2.26. The first-order valence-electron chi connectivity index (χ1n) is 6.71. The molecule has 0 saturated carbocycles. The molecule has 0 fully saturated rings. The topological polar surface area (TPSA) is 53.1 Å². The maximum absolute atomic E-state index is 13.5. The highest BCUT2D eigenvalue weighted by Gasteiger charge is 2.13. The summed E-state index contributed by atoms with van der Waals surface area (Å²) in [5, 5.41) is 0. The molecule has 0 aliphatic carbocycles. The largest absolute Gasteiger partial charge is 0.384 e. The molecule has 3 aromatic rings. The molecule has 5 heteroatoms. The van der Waals surface area contributed by atoms with Gasteiger partial charge in [-0.1, -0.05) is 18.2 Å². The first kappa shape index (κ1) is 13.6. The van der Waals surface area contributed by atoms with Crippen LogP contribution in [0.15, 0.2) is 42.5 Å². The van der Waals surface area contributed by atoms with Crippen molar-refractivity contribution in [3.8, 4) is 5.69 Å². The van der Waals surface area contributed by atoms with E-state index in [0.29, 0.717) is 23.6 Å². The molecule has 0 radical (unpaired) electrons. The van der Waals surface area contributed by atoms with E-state index in [1.807, 2.05) is 24.3 Å². The minimum atomic E-state index is -0.307. The van der Waals surface area contributed by atoms with Crippen LogP contribution in [0.1, 0.15) is 5.56 Å². The molecule has 0 atom stereocenters. The first-order valence-corrected chi connectivity index (χ1v) is 6.71. The van der Waals surface area contributed by atoms with Gasteiger partial charge >= 0.3 is 0 Å². The minimum Gasteiger partial charge on any atom is -0.384 e. The third-order valence-corrected chi connectivity index (χ3v) is 3.45. The van der Waals surface area contributed by atoms with Crippen LogP contribution < -0.4 is 5.73 Å². The number of nitrogen functional groups attached to an aromatic ring is 1. The fourth-order valence-electron chi connectivity index (χ4n) is 2.47. The lowest BCUT2D eigenvalue weighted by molar-refractivity contribution is 0.202. The molecule has 2 aromatic carbocycles. The van der Waals surface area contributed by atoms with E-state index in [2.05, 4.69) is 4.98 Å². The van der Waals surface area contributed by atoms with E-state index < -0.39 is 0 Å². The van der Waals surface area contributed by atoms with Gasteiger partial charge in [-0.3, -0.25) is 4.57 Å². The zero-order valence-electron chi connectivity index (χ0n) is 11.7. The van der Waals surface area contributed by atoms with E-state index in [9.17, 15) is 4.39 Å². The summed E-state index contributed by atoms with van der Waals surface area (Å²) in [6, 6.07) is 12.3. The van der Waals surface area contributed by atoms with Gasteiger partial charge in [0.05, 0.1) is 23.3 Å². The summed E-state index contributed by atoms with van der Waals surface area (Å²) in [5.74, 6) is 0.0403. The number of hydrogen-bond donors (Lipinski definition) is 1. The van der Waals surface area contributed by atoms with Crippen LogP contribution in [0.25, 0.3) is 16.7 Å². The number of methoxy groups -OCH3 is 1. The first-order chi connectivity index (χ1) is 10.2. The smallest absolute Gasteiger partial charge is 0.205 e. The van der Waals surface area contributed by atoms with Crippen LogP contribution in [0, 0.1) is 5.82 Å². The number of nitrogens with zero attached hydrogens (tertiary/aromatic N) is 2. The lowest BCUT2D eigenvalue weighted by atomic mass is 10.1. The van der Waals surface area contributed by atoms with Gasteiger partial charge in [0, 0.05) is 13.2 Å². The second-order valence-corrected chi connectivity index (χ2v) is 4.81. The number of ether oxygens (including phenoxy) is 1. The molecule has 2 N–H and O–H groups in total. The Morgan fingerprint density at radius 1 is 1.24 bits per heavy atom. The number of aromatic nitrogens is 2. The Kier molecular flexibility index (Phi) is 3.58. The van der Waals surface area contributed by atoms with Crippen LogP contribution in [0.2, 0.25) is 0 Å². The zero-order chi connectivity index (χ0) is 14.8. The highest BCUT2D eigenvalue weighted by molar-refractivity contribution is 5.81. The quantitative estimate of drug-likeness (QED) is 0.802. The Labute approximate surface area is 122 Å². The summed E-state index contributed by atoms with van der Waals surface area (Å²) in [7, 11) is 1.67. The summed E-state index contributed by atoms with van der Waals surface area (Å²) in [6.45, 7) is 0.609. The number of imidazole rings is 1. The second-order valence-electron chi connectivity index (χ2n) is 4.81. The normalized spacial score (nSPS) is 11.1. The van der Waals surface area contributed by atoms with Crippen molar-refractivity contribution >= 4 is 17.0 Å². The predicted molar refractivity (Wildman–Crippen MR) is 81.0 cm³/mol. The molecule has 108 valence electrons. The summed E-state index contributed by atoms with van der Waals surface area (Å²) < 4.78 is 20.5. The number of rotatable bonds is 4. The van der Waals surface area contributed by atoms with Crippen molar-refractivity contribution in [2.45, 2.75) is 6.42 Å². The predicted octanol–water partition coefficient (Wildman–Crippen LogP) is 2.94. The van der Waals surface area contributed by atoms with Crippen molar-refractivity contribution in [1.82, 2.24) is 9.55 Å². The molecule has 3 rings (SSSR count). The van der Waals surface area contributed by atoms with Crippen LogP contribution >= 0.6 is 0 Å². The van der Waals surface area contributed by atoms with E-state index in [-0.39, 0.29) is 5.82 Å². The van der Waals surface area contributed by atoms with Gasteiger partial charge in [-0.2, -0.15) is 0 Å². The van der Waals surface area contributed by atoms with Crippen molar-refractivity contribution in [3.05, 3.63) is 53.8 Å². The molecule has 0 bridgehead atoms. The van der Waals surface area contributed by atoms with Gasteiger partial charge < -0.3 is 10.5 Å². The van der Waals surface area contributed by atoms with Gasteiger partial charge in [0.15, 0.2) is 0 Å². The number of fused-ring (bicyclic) bond motifs is 1. The Morgan fingerprint density at radius 2 is 2.05 bits per heavy atom. The number of nitrogens with two attached hydrogens (primary N) is 1. The molecule has 21 heavy (non-hydrogen) atoms. The number of para-hydroxylation sites is 1. The molecule has 0 spiro atoms. The fourth-order valence-corrected chi connectivity index (χ4v) is 2.47. The lowest BCUT2D eigenvalue weighted by Gasteiger charge is -2.12. The second kappa shape index (κ2) is 5.54. The Hall–Kier alpha value is -2.40. The van der Waals surface area contributed by atoms with Crippen LogP contribution in [0.3, 0.4) is 0 Å². The number of benzene rings is 2. The Morgan fingerprint density at radius 3 is 2.86 bits per heavy atom. The SMILES string of the molecule is COCCc1ccccc1-n1c(N)nc2ccc(F)cc21. The summed E-state index contributed by atoms with van der Waals surface area (Å²) >= 11 is 0. The highest BCUT2D eigenvalue weighted by atomic mass is 19.1. The number of halogens is 1. The van der Waals surface area contributed by atoms with Gasteiger partial charge in [-0.05, 0) is 30.2 Å². The van der Waals surface area contributed by atoms with Crippen molar-refractivity contribution in [3.63, 3.8) is 0 Å². The van der Waals surface area contributed by atoms with E-state index in [0.717, 1.165) is 17.7 Å². The Balaban J connectivity index is 2.20. The molecular formula is C16H16FN3O. The molecule has 0 saturated heterocycles. The van der Waals surface area contributed by atoms with E-state index in [1.165, 1.54) is 12.1 Å². The average molecular weight is 285 g/mol. The van der Waals surface area contributed by atoms with E-state index >= 15 is 0 Å². The van der Waals surface area contributed by atoms with Crippen LogP contribution in [-0.2, 0) is 11.2 Å². The summed E-state index contributed by atoms with van der Waals surface area (Å²) in [5.41, 5.74) is 9.35. The van der Waals surface area contributed by atoms with Gasteiger partial charge in [-0.25, -0.2) is 9.37 Å². The lowest BCUT2D eigenvalue weighted by Crippen LogP contribution is -2.06. The van der Waals surface area contributed by atoms with E-state index in [1.54, 1.807) is 17.7 Å². The van der Waals surface area contributed by atoms with Gasteiger partial charge in [0.2, 0.25) is 5.95 Å². The molecule has 4 nitrogen and oxygen atoms in total. The number of anilines is 1. The molecule has 0 unspecified atom stereocenters. The maximum atomic E-state index is 13.5. The van der Waals surface area contributed by atoms with Gasteiger partial charge in [0.25, 0.3) is 0 Å². The van der Waals surface area contributed by atoms with Crippen LogP contribution in [0.4, 0.5) is 10.3 Å². The fraction of sp³-hybridized carbons (Fsp3) is 0.188. The third-order valence-electron chi connectivity index (χ3n) is 3.45. The van der Waals surface area contributed by atoms with Gasteiger partial charge in [-0.15, -0.1) is 0 Å². The van der Waals surface area contributed by atoms with Crippen LogP contribution in [-0.4, -0.2) is 23.3 Å². The van der Waals surface area contributed by atoms with Crippen molar-refractivity contribution in [2.24, 2.45) is 0 Å². The summed E-state index contributed by atoms with van der Waals surface area (Å²) in [4.78, 5) is 4.29. The minimum absolute atomic E-state index is 0.307.